The first-order chi connectivity index (χ1) is 11.5. The number of H-pyrrole nitrogens is 1. The Balaban J connectivity index is 2.16. The van der Waals surface area contributed by atoms with Gasteiger partial charge >= 0.3 is 5.69 Å². The number of carbonyl (C=O) groups is 1. The van der Waals surface area contributed by atoms with E-state index in [4.69, 9.17) is 15.2 Å². The minimum Gasteiger partial charge on any atom is -0.394 e. The van der Waals surface area contributed by atoms with Crippen molar-refractivity contribution in [2.45, 2.75) is 24.5 Å². The summed E-state index contributed by atoms with van der Waals surface area (Å²) in [5.74, 6) is -0.451. The maximum atomic E-state index is 11.9. The third kappa shape index (κ3) is 4.07. The Morgan fingerprint density at radius 2 is 2.25 bits per heavy atom. The molecular weight excluding hydrogens is 324 g/mol. The van der Waals surface area contributed by atoms with Crippen LogP contribution in [-0.2, 0) is 14.3 Å². The molecule has 1 fully saturated rings. The van der Waals surface area contributed by atoms with Gasteiger partial charge in [-0.15, -0.1) is 0 Å². The van der Waals surface area contributed by atoms with E-state index in [1.165, 1.54) is 6.20 Å². The highest BCUT2D eigenvalue weighted by molar-refractivity contribution is 5.77. The second-order valence-electron chi connectivity index (χ2n) is 5.17. The third-order valence-electron chi connectivity index (χ3n) is 3.49. The molecule has 1 unspecified atom stereocenters. The lowest BCUT2D eigenvalue weighted by Crippen LogP contribution is -2.41. The molecule has 1 aliphatic heterocycles. The second kappa shape index (κ2) is 8.17. The third-order valence-corrected chi connectivity index (χ3v) is 3.49. The summed E-state index contributed by atoms with van der Waals surface area (Å²) in [6.45, 7) is -0.357. The zero-order valence-corrected chi connectivity index (χ0v) is 12.8. The average Bonchev–Trinajstić information content (AvgIpc) is 2.86. The van der Waals surface area contributed by atoms with E-state index >= 15 is 0 Å². The van der Waals surface area contributed by atoms with Gasteiger partial charge in [0.05, 0.1) is 6.61 Å². The van der Waals surface area contributed by atoms with Gasteiger partial charge in [-0.1, -0.05) is 0 Å². The Bertz CT molecular complexity index is 673. The number of nitrogens with two attached hydrogens (primary N) is 1. The number of rotatable bonds is 7. The Morgan fingerprint density at radius 3 is 2.88 bits per heavy atom. The van der Waals surface area contributed by atoms with E-state index in [2.05, 4.69) is 10.3 Å². The number of amides is 1. The molecule has 1 amide bonds. The molecule has 0 radical (unpaired) electrons. The lowest BCUT2D eigenvalue weighted by atomic mass is 10.1. The van der Waals surface area contributed by atoms with Crippen LogP contribution >= 0.6 is 0 Å². The summed E-state index contributed by atoms with van der Waals surface area (Å²) < 4.78 is 11.8. The van der Waals surface area contributed by atoms with Gasteiger partial charge in [-0.05, 0) is 0 Å². The van der Waals surface area contributed by atoms with Crippen LogP contribution < -0.4 is 22.3 Å². The molecule has 2 heterocycles. The molecule has 0 aliphatic carbocycles. The van der Waals surface area contributed by atoms with Crippen LogP contribution in [0, 0.1) is 0 Å². The van der Waals surface area contributed by atoms with Gasteiger partial charge in [0.1, 0.15) is 24.9 Å². The fourth-order valence-electron chi connectivity index (χ4n) is 2.34. The van der Waals surface area contributed by atoms with Crippen molar-refractivity contribution in [2.75, 3.05) is 26.3 Å². The van der Waals surface area contributed by atoms with Gasteiger partial charge in [0.15, 0.2) is 6.23 Å². The number of carbonyl (C=O) groups excluding carboxylic acids is 1. The number of aliphatic hydroxyl groups is 2. The standard InChI is InChI=1S/C13H20N4O7/c14-2-3-15-9(20)6-23-11-10(21)7(5-18)24-12(11)17-4-1-8(19)16-13(17)22/h1,4,7,10-12,18,21H,2-3,5-6,14H2,(H,15,20)(H,16,19,22)/t7-,10?,11+,12-/m1/s1. The zero-order valence-electron chi connectivity index (χ0n) is 12.8. The molecule has 1 saturated heterocycles. The van der Waals surface area contributed by atoms with Crippen molar-refractivity contribution in [3.05, 3.63) is 33.1 Å². The molecule has 4 atom stereocenters. The van der Waals surface area contributed by atoms with Crippen LogP contribution in [-0.4, -0.2) is 70.3 Å². The molecule has 2 rings (SSSR count). The van der Waals surface area contributed by atoms with Gasteiger partial charge in [0, 0.05) is 25.4 Å². The number of aliphatic hydroxyl groups excluding tert-OH is 2. The van der Waals surface area contributed by atoms with Crippen molar-refractivity contribution in [1.29, 1.82) is 0 Å². The van der Waals surface area contributed by atoms with E-state index in [1.807, 2.05) is 0 Å². The summed E-state index contributed by atoms with van der Waals surface area (Å²) in [5.41, 5.74) is 3.91. The molecule has 0 bridgehead atoms. The van der Waals surface area contributed by atoms with Crippen molar-refractivity contribution in [3.63, 3.8) is 0 Å². The summed E-state index contributed by atoms with van der Waals surface area (Å²) in [5, 5.41) is 21.9. The number of nitrogens with zero attached hydrogens (tertiary/aromatic N) is 1. The van der Waals surface area contributed by atoms with Crippen LogP contribution in [0.3, 0.4) is 0 Å². The minimum atomic E-state index is -1.26. The number of hydrogen-bond acceptors (Lipinski definition) is 8. The number of ether oxygens (including phenoxy) is 2. The molecule has 1 aromatic rings. The predicted octanol–water partition coefficient (Wildman–Crippen LogP) is -3.75. The lowest BCUT2D eigenvalue weighted by Gasteiger charge is -2.21. The van der Waals surface area contributed by atoms with E-state index < -0.39 is 54.9 Å². The van der Waals surface area contributed by atoms with Crippen LogP contribution in [0.5, 0.6) is 0 Å². The van der Waals surface area contributed by atoms with E-state index in [-0.39, 0.29) is 13.1 Å². The highest BCUT2D eigenvalue weighted by Crippen LogP contribution is 2.30. The van der Waals surface area contributed by atoms with Gasteiger partial charge in [-0.2, -0.15) is 0 Å². The largest absolute Gasteiger partial charge is 0.394 e. The predicted molar refractivity (Wildman–Crippen MR) is 80.1 cm³/mol. The van der Waals surface area contributed by atoms with Crippen LogP contribution in [0.2, 0.25) is 0 Å². The first-order valence-corrected chi connectivity index (χ1v) is 7.32. The Morgan fingerprint density at radius 1 is 1.50 bits per heavy atom. The topological polar surface area (TPSA) is 169 Å². The Labute approximate surface area is 136 Å². The van der Waals surface area contributed by atoms with Gasteiger partial charge in [-0.25, -0.2) is 4.79 Å². The summed E-state index contributed by atoms with van der Waals surface area (Å²) in [6, 6.07) is 1.11. The van der Waals surface area contributed by atoms with Gasteiger partial charge in [0.2, 0.25) is 5.91 Å². The van der Waals surface area contributed by atoms with E-state index in [1.54, 1.807) is 0 Å². The molecule has 11 heteroatoms. The van der Waals surface area contributed by atoms with E-state index in [0.29, 0.717) is 0 Å². The van der Waals surface area contributed by atoms with Crippen LogP contribution in [0.15, 0.2) is 21.9 Å². The maximum Gasteiger partial charge on any atom is 0.330 e. The number of aromatic amines is 1. The van der Waals surface area contributed by atoms with Crippen LogP contribution in [0.4, 0.5) is 0 Å². The minimum absolute atomic E-state index is 0.267. The smallest absolute Gasteiger partial charge is 0.330 e. The molecule has 1 aliphatic rings. The van der Waals surface area contributed by atoms with Crippen molar-refractivity contribution < 1.29 is 24.5 Å². The summed E-state index contributed by atoms with van der Waals surface area (Å²) in [6.07, 6.45) is -3.27. The first-order valence-electron chi connectivity index (χ1n) is 7.32. The molecule has 0 spiro atoms. The monoisotopic (exact) mass is 344 g/mol. The van der Waals surface area contributed by atoms with Crippen LogP contribution in [0.25, 0.3) is 0 Å². The quantitative estimate of drug-likeness (QED) is 0.336. The molecule has 24 heavy (non-hydrogen) atoms. The molecule has 11 nitrogen and oxygen atoms in total. The van der Waals surface area contributed by atoms with Crippen molar-refractivity contribution in [1.82, 2.24) is 14.9 Å². The van der Waals surface area contributed by atoms with Crippen molar-refractivity contribution in [2.24, 2.45) is 5.73 Å². The summed E-state index contributed by atoms with van der Waals surface area (Å²) >= 11 is 0. The molecule has 0 aromatic carbocycles. The number of nitrogens with one attached hydrogen (secondary N) is 2. The van der Waals surface area contributed by atoms with E-state index in [9.17, 15) is 24.6 Å². The first kappa shape index (κ1) is 18.3. The van der Waals surface area contributed by atoms with Crippen molar-refractivity contribution in [3.8, 4) is 0 Å². The van der Waals surface area contributed by atoms with Gasteiger partial charge < -0.3 is 30.7 Å². The molecular formula is C13H20N4O7. The fraction of sp³-hybridized carbons (Fsp3) is 0.615. The van der Waals surface area contributed by atoms with Crippen LogP contribution in [0.1, 0.15) is 6.23 Å². The number of aromatic nitrogens is 2. The second-order valence-corrected chi connectivity index (χ2v) is 5.17. The lowest BCUT2D eigenvalue weighted by molar-refractivity contribution is -0.133. The van der Waals surface area contributed by atoms with Crippen molar-refractivity contribution >= 4 is 5.91 Å². The highest BCUT2D eigenvalue weighted by atomic mass is 16.6. The summed E-state index contributed by atoms with van der Waals surface area (Å²) in [4.78, 5) is 36.7. The van der Waals surface area contributed by atoms with Gasteiger partial charge in [-0.3, -0.25) is 19.1 Å². The molecule has 134 valence electrons. The molecule has 1 aromatic heterocycles. The van der Waals surface area contributed by atoms with E-state index in [0.717, 1.165) is 10.6 Å². The zero-order chi connectivity index (χ0) is 17.7. The highest BCUT2D eigenvalue weighted by Gasteiger charge is 2.45. The Hall–Kier alpha value is -2.05. The summed E-state index contributed by atoms with van der Waals surface area (Å²) in [7, 11) is 0. The average molecular weight is 344 g/mol. The van der Waals surface area contributed by atoms with Gasteiger partial charge in [0.25, 0.3) is 5.56 Å². The normalized spacial score (nSPS) is 26.5. The molecule has 0 saturated carbocycles. The fourth-order valence-corrected chi connectivity index (χ4v) is 2.34. The SMILES string of the molecule is NCCNC(=O)CO[C@H]1C(O)[C@@H](CO)O[C@H]1n1ccc(=O)[nH]c1=O. The number of hydrogen-bond donors (Lipinski definition) is 5. The Kier molecular flexibility index (Phi) is 6.23. The molecule has 6 N–H and O–H groups in total. The maximum absolute atomic E-state index is 11.9.